The number of fused-ring (bicyclic) bond motifs is 2. The molecule has 0 bridgehead atoms. The fourth-order valence-corrected chi connectivity index (χ4v) is 9.03. The fraction of sp³-hybridized carbons (Fsp3) is 0.368. The van der Waals surface area contributed by atoms with Crippen molar-refractivity contribution in [2.45, 2.75) is 37.8 Å². The zero-order valence-corrected chi connectivity index (χ0v) is 31.9. The molecule has 2 aliphatic rings. The highest BCUT2D eigenvalue weighted by molar-refractivity contribution is 7.14. The predicted molar refractivity (Wildman–Crippen MR) is 210 cm³/mol. The SMILES string of the molecule is N#Cc1ccc(-c2nnc(N[C@@H]3CCCN(CCF)C3)c3s[n+](Oc4cc(C#N)ccc4-c4nnc(N[C@@H]5CCCN(CCO)C5)c5sncc45)cc23)c(O)c1. The summed E-state index contributed by atoms with van der Waals surface area (Å²) < 4.78 is 20.8. The highest BCUT2D eigenvalue weighted by atomic mass is 32.1. The van der Waals surface area contributed by atoms with Gasteiger partial charge in [-0.1, -0.05) is 0 Å². The highest BCUT2D eigenvalue weighted by Gasteiger charge is 2.29. The summed E-state index contributed by atoms with van der Waals surface area (Å²) in [7, 11) is 0. The van der Waals surface area contributed by atoms with Gasteiger partial charge in [0.05, 0.1) is 45.8 Å². The molecular formula is C38H38FN12O3S2+. The number of nitriles is 2. The minimum atomic E-state index is -0.413. The molecule has 2 saturated heterocycles. The van der Waals surface area contributed by atoms with Gasteiger partial charge >= 0.3 is 0 Å². The monoisotopic (exact) mass is 793 g/mol. The summed E-state index contributed by atoms with van der Waals surface area (Å²) in [5, 5.41) is 66.6. The molecule has 2 aliphatic heterocycles. The average molecular weight is 794 g/mol. The predicted octanol–water partition coefficient (Wildman–Crippen LogP) is 4.72. The summed E-state index contributed by atoms with van der Waals surface area (Å²) in [6, 6.07) is 14.2. The van der Waals surface area contributed by atoms with Crippen molar-refractivity contribution in [3.63, 3.8) is 0 Å². The van der Waals surface area contributed by atoms with Crippen molar-refractivity contribution in [2.24, 2.45) is 0 Å². The zero-order chi connectivity index (χ0) is 38.6. The van der Waals surface area contributed by atoms with Gasteiger partial charge in [-0.2, -0.15) is 14.9 Å². The second-order valence-corrected chi connectivity index (χ2v) is 15.6. The Morgan fingerprint density at radius 1 is 0.857 bits per heavy atom. The van der Waals surface area contributed by atoms with E-state index >= 15 is 0 Å². The Morgan fingerprint density at radius 3 is 2.16 bits per heavy atom. The molecule has 4 aromatic heterocycles. The summed E-state index contributed by atoms with van der Waals surface area (Å²) in [6.45, 7) is 3.92. The summed E-state index contributed by atoms with van der Waals surface area (Å²) in [5.41, 5.74) is 2.60. The van der Waals surface area contributed by atoms with Crippen molar-refractivity contribution >= 4 is 54.9 Å². The number of hydrogen-bond acceptors (Lipinski definition) is 16. The van der Waals surface area contributed by atoms with E-state index in [2.05, 4.69) is 51.3 Å². The number of piperidine rings is 2. The molecule has 2 aromatic carbocycles. The van der Waals surface area contributed by atoms with Gasteiger partial charge in [0, 0.05) is 55.3 Å². The maximum absolute atomic E-state index is 13.2. The number of anilines is 2. The van der Waals surface area contributed by atoms with Gasteiger partial charge in [0.25, 0.3) is 6.20 Å². The van der Waals surface area contributed by atoms with E-state index in [1.807, 2.05) is 6.07 Å². The molecule has 0 amide bonds. The fourth-order valence-electron chi connectivity index (χ4n) is 7.44. The van der Waals surface area contributed by atoms with Gasteiger partial charge in [0.15, 0.2) is 16.3 Å². The van der Waals surface area contributed by atoms with E-state index in [0.717, 1.165) is 55.4 Å². The first-order valence-electron chi connectivity index (χ1n) is 18.4. The third kappa shape index (κ3) is 7.75. The van der Waals surface area contributed by atoms with Crippen LogP contribution in [0.2, 0.25) is 0 Å². The number of rotatable bonds is 12. The second-order valence-electron chi connectivity index (χ2n) is 13.9. The standard InChI is InChI=1S/C38H37FN12O3S2/c39-9-12-49-10-1-3-25(20-49)44-38-36-30(33(45-48-38)27-7-5-23(17-40)15-31(27)53)22-51(56-36)54-32-16-24(18-41)6-8-28(32)34-29-19-42-55-35(29)37(47-46-34)43-26-4-2-11-50(21-26)13-14-52/h5-8,15-16,19,22,25-26,44,52H,1-4,9-14,20-21H2,(H,43,47)/p+1/t25-,26-/m1/s1. The number of hydrogen-bond donors (Lipinski definition) is 4. The summed E-state index contributed by atoms with van der Waals surface area (Å²) >= 11 is 2.57. The molecule has 0 saturated carbocycles. The number of aliphatic hydroxyl groups excluding tert-OH is 1. The number of alkyl halides is 1. The van der Waals surface area contributed by atoms with Crippen molar-refractivity contribution in [3.05, 3.63) is 59.9 Å². The van der Waals surface area contributed by atoms with Gasteiger partial charge in [-0.05, 0) is 80.6 Å². The van der Waals surface area contributed by atoms with Crippen LogP contribution in [0.25, 0.3) is 42.7 Å². The Balaban J connectivity index is 1.16. The van der Waals surface area contributed by atoms with E-state index in [9.17, 15) is 25.1 Å². The number of aromatic hydroxyl groups is 1. The van der Waals surface area contributed by atoms with Crippen LogP contribution < -0.4 is 19.6 Å². The molecule has 8 rings (SSSR count). The molecule has 0 unspecified atom stereocenters. The second kappa shape index (κ2) is 16.6. The number of likely N-dealkylation sites (tertiary alicyclic amines) is 2. The minimum absolute atomic E-state index is 0.00704. The van der Waals surface area contributed by atoms with E-state index in [4.69, 9.17) is 4.84 Å². The smallest absolute Gasteiger partial charge is 0.251 e. The molecule has 18 heteroatoms. The lowest BCUT2D eigenvalue weighted by Gasteiger charge is -2.32. The minimum Gasteiger partial charge on any atom is -0.507 e. The Hall–Kier alpha value is -5.63. The van der Waals surface area contributed by atoms with E-state index in [-0.39, 0.29) is 24.4 Å². The molecule has 15 nitrogen and oxygen atoms in total. The van der Waals surface area contributed by atoms with Crippen LogP contribution in [-0.4, -0.2) is 109 Å². The Kier molecular flexibility index (Phi) is 11.1. The number of phenolic OH excluding ortho intramolecular Hbond substituents is 1. The molecule has 6 aromatic rings. The van der Waals surface area contributed by atoms with Crippen LogP contribution in [0.1, 0.15) is 36.8 Å². The molecule has 286 valence electrons. The van der Waals surface area contributed by atoms with E-state index in [0.29, 0.717) is 80.7 Å². The zero-order valence-electron chi connectivity index (χ0n) is 30.2. The van der Waals surface area contributed by atoms with Crippen LogP contribution in [0.15, 0.2) is 48.8 Å². The quantitative estimate of drug-likeness (QED) is 0.124. The molecule has 6 heterocycles. The molecule has 2 atom stereocenters. The molecule has 0 aliphatic carbocycles. The maximum atomic E-state index is 13.2. The Labute approximate surface area is 329 Å². The van der Waals surface area contributed by atoms with Gasteiger partial charge < -0.3 is 20.8 Å². The van der Waals surface area contributed by atoms with Crippen LogP contribution in [0, 0.1) is 22.7 Å². The van der Waals surface area contributed by atoms with Crippen molar-refractivity contribution in [3.8, 4) is 46.2 Å². The van der Waals surface area contributed by atoms with E-state index < -0.39 is 6.67 Å². The number of aromatic nitrogens is 6. The third-order valence-electron chi connectivity index (χ3n) is 10.1. The van der Waals surface area contributed by atoms with Crippen LogP contribution in [-0.2, 0) is 0 Å². The molecule has 0 spiro atoms. The lowest BCUT2D eigenvalue weighted by molar-refractivity contribution is -0.819. The first kappa shape index (κ1) is 37.3. The molecule has 56 heavy (non-hydrogen) atoms. The van der Waals surface area contributed by atoms with Crippen molar-refractivity contribution < 1.29 is 23.6 Å². The molecule has 2 fully saturated rings. The van der Waals surface area contributed by atoms with Crippen LogP contribution in [0.3, 0.4) is 0 Å². The van der Waals surface area contributed by atoms with Crippen LogP contribution in [0.5, 0.6) is 11.5 Å². The van der Waals surface area contributed by atoms with Crippen molar-refractivity contribution in [1.29, 1.82) is 10.5 Å². The summed E-state index contributed by atoms with van der Waals surface area (Å²) in [5.74, 6) is 1.39. The van der Waals surface area contributed by atoms with Crippen molar-refractivity contribution in [2.75, 3.05) is 63.2 Å². The largest absolute Gasteiger partial charge is 0.507 e. The number of benzene rings is 2. The lowest BCUT2D eigenvalue weighted by Crippen LogP contribution is -2.43. The van der Waals surface area contributed by atoms with Gasteiger partial charge in [-0.15, -0.1) is 20.4 Å². The normalized spacial score (nSPS) is 17.8. The average Bonchev–Trinajstić information content (AvgIpc) is 3.88. The molecular weight excluding hydrogens is 756 g/mol. The number of halogens is 1. The topological polar surface area (TPSA) is 196 Å². The number of nitrogens with zero attached hydrogens (tertiary/aromatic N) is 10. The number of aliphatic hydroxyl groups is 1. The molecule has 4 N–H and O–H groups in total. The maximum Gasteiger partial charge on any atom is 0.251 e. The lowest BCUT2D eigenvalue weighted by atomic mass is 10.0. The Bertz CT molecular complexity index is 2460. The highest BCUT2D eigenvalue weighted by Crippen LogP contribution is 2.39. The third-order valence-corrected chi connectivity index (χ3v) is 11.9. The number of nitrogens with one attached hydrogen (secondary N) is 2. The summed E-state index contributed by atoms with van der Waals surface area (Å²) in [4.78, 5) is 10.9. The van der Waals surface area contributed by atoms with Crippen molar-refractivity contribution in [1.82, 2.24) is 34.6 Å². The number of β-amino-alcohol motifs (C(OH)–C–C–N with tert-alkyl or cyclic N) is 1. The molecule has 0 radical (unpaired) electrons. The van der Waals surface area contributed by atoms with Crippen LogP contribution in [0.4, 0.5) is 16.0 Å². The summed E-state index contributed by atoms with van der Waals surface area (Å²) in [6.07, 6.45) is 7.27. The number of phenols is 1. The van der Waals surface area contributed by atoms with Gasteiger partial charge in [0.2, 0.25) is 17.3 Å². The van der Waals surface area contributed by atoms with E-state index in [1.165, 1.54) is 29.1 Å². The Morgan fingerprint density at radius 2 is 1.50 bits per heavy atom. The van der Waals surface area contributed by atoms with Gasteiger partial charge in [-0.25, -0.2) is 9.23 Å². The van der Waals surface area contributed by atoms with Gasteiger partial charge in [0.1, 0.15) is 33.9 Å². The van der Waals surface area contributed by atoms with Gasteiger partial charge in [-0.3, -0.25) is 9.80 Å². The first-order valence-corrected chi connectivity index (χ1v) is 19.9. The first-order chi connectivity index (χ1) is 27.4. The van der Waals surface area contributed by atoms with Crippen LogP contribution >= 0.6 is 23.1 Å². The van der Waals surface area contributed by atoms with E-state index in [1.54, 1.807) is 46.8 Å².